The molecule has 1 heteroatoms. The zero-order chi connectivity index (χ0) is 14.0. The molecule has 0 saturated heterocycles. The number of hydrogen-bond donors (Lipinski definition) is 0. The molecule has 0 radical (unpaired) electrons. The van der Waals surface area contributed by atoms with Crippen LogP contribution in [0.1, 0.15) is 64.2 Å². The minimum Gasteiger partial charge on any atom is -0.0768 e. The lowest BCUT2D eigenvalue weighted by Gasteiger charge is -2.71. The second-order valence-electron chi connectivity index (χ2n) is 8.76. The fraction of sp³-hybridized carbons (Fsp3) is 0.789. The average Bonchev–Trinajstić information content (AvgIpc) is 2.62. The van der Waals surface area contributed by atoms with Gasteiger partial charge in [-0.05, 0) is 38.5 Å². The molecule has 2 unspecified atom stereocenters. The van der Waals surface area contributed by atoms with Gasteiger partial charge in [0.2, 0.25) is 0 Å². The van der Waals surface area contributed by atoms with Crippen LogP contribution in [0.5, 0.6) is 0 Å². The Hall–Kier alpha value is -0.303. The van der Waals surface area contributed by atoms with Crippen LogP contribution in [0.3, 0.4) is 0 Å². The Morgan fingerprint density at radius 2 is 1.45 bits per heavy atom. The van der Waals surface area contributed by atoms with E-state index in [1.807, 2.05) is 16.3 Å². The summed E-state index contributed by atoms with van der Waals surface area (Å²) in [6, 6.07) is 0. The van der Waals surface area contributed by atoms with Crippen LogP contribution in [0.25, 0.3) is 0 Å². The van der Waals surface area contributed by atoms with Gasteiger partial charge in [-0.1, -0.05) is 67.7 Å². The smallest absolute Gasteiger partial charge is 0.0732 e. The van der Waals surface area contributed by atoms with E-state index in [1.54, 1.807) is 0 Å². The van der Waals surface area contributed by atoms with Gasteiger partial charge in [0.1, 0.15) is 0 Å². The lowest BCUT2D eigenvalue weighted by Crippen LogP contribution is -2.63. The number of rotatable bonds is 1. The predicted octanol–water partition coefficient (Wildman–Crippen LogP) is 6.02. The molecule has 20 heavy (non-hydrogen) atoms. The van der Waals surface area contributed by atoms with Gasteiger partial charge in [0.05, 0.1) is 8.07 Å². The fourth-order valence-electron chi connectivity index (χ4n) is 6.19. The van der Waals surface area contributed by atoms with Gasteiger partial charge in [-0.25, -0.2) is 0 Å². The van der Waals surface area contributed by atoms with Crippen molar-refractivity contribution in [3.8, 4) is 0 Å². The van der Waals surface area contributed by atoms with Crippen LogP contribution >= 0.6 is 0 Å². The molecule has 110 valence electrons. The third-order valence-corrected chi connectivity index (χ3v) is 9.00. The molecule has 0 N–H and O–H groups in total. The maximum Gasteiger partial charge on any atom is 0.0732 e. The molecule has 0 bridgehead atoms. The van der Waals surface area contributed by atoms with Crippen molar-refractivity contribution in [1.29, 1.82) is 0 Å². The van der Waals surface area contributed by atoms with Crippen molar-refractivity contribution >= 4 is 8.07 Å². The molecule has 4 aliphatic rings. The van der Waals surface area contributed by atoms with Gasteiger partial charge in [0, 0.05) is 10.8 Å². The van der Waals surface area contributed by atoms with E-state index in [9.17, 15) is 0 Å². The molecular formula is C19H30Si. The average molecular weight is 287 g/mol. The molecule has 0 aromatic heterocycles. The Labute approximate surface area is 125 Å². The Morgan fingerprint density at radius 1 is 0.800 bits per heavy atom. The van der Waals surface area contributed by atoms with Gasteiger partial charge in [-0.3, -0.25) is 0 Å². The van der Waals surface area contributed by atoms with Gasteiger partial charge in [-0.15, -0.1) is 0 Å². The van der Waals surface area contributed by atoms with Crippen LogP contribution in [-0.2, 0) is 0 Å². The Balaban J connectivity index is 1.83. The van der Waals surface area contributed by atoms with Gasteiger partial charge >= 0.3 is 0 Å². The summed E-state index contributed by atoms with van der Waals surface area (Å²) in [6.07, 6.45) is 17.5. The molecule has 0 heterocycles. The van der Waals surface area contributed by atoms with Crippen LogP contribution < -0.4 is 0 Å². The summed E-state index contributed by atoms with van der Waals surface area (Å²) >= 11 is 0. The first kappa shape index (κ1) is 13.4. The molecule has 2 atom stereocenters. The zero-order valence-electron chi connectivity index (χ0n) is 13.6. The number of hydrogen-bond acceptors (Lipinski definition) is 0. The first-order valence-electron chi connectivity index (χ1n) is 8.99. The summed E-state index contributed by atoms with van der Waals surface area (Å²) in [4.78, 5) is 0. The van der Waals surface area contributed by atoms with E-state index < -0.39 is 8.07 Å². The third-order valence-electron chi connectivity index (χ3n) is 6.81. The summed E-state index contributed by atoms with van der Waals surface area (Å²) in [6.45, 7) is 7.74. The first-order chi connectivity index (χ1) is 9.52. The van der Waals surface area contributed by atoms with E-state index in [0.717, 1.165) is 0 Å². The summed E-state index contributed by atoms with van der Waals surface area (Å²) in [5.41, 5.74) is 5.10. The molecule has 1 fully saturated rings. The second kappa shape index (κ2) is 4.12. The van der Waals surface area contributed by atoms with E-state index in [4.69, 9.17) is 0 Å². The third kappa shape index (κ3) is 1.38. The van der Waals surface area contributed by atoms with Gasteiger partial charge < -0.3 is 0 Å². The Morgan fingerprint density at radius 3 is 2.20 bits per heavy atom. The summed E-state index contributed by atoms with van der Waals surface area (Å²) in [5.74, 6) is 0. The molecule has 4 aliphatic carbocycles. The van der Waals surface area contributed by atoms with Gasteiger partial charge in [0.25, 0.3) is 0 Å². The quantitative estimate of drug-likeness (QED) is 0.409. The summed E-state index contributed by atoms with van der Waals surface area (Å²) in [5, 5.41) is 1.95. The Kier molecular flexibility index (Phi) is 2.75. The summed E-state index contributed by atoms with van der Waals surface area (Å²) < 4.78 is 0. The topological polar surface area (TPSA) is 0 Å². The van der Waals surface area contributed by atoms with Crippen molar-refractivity contribution in [2.24, 2.45) is 10.8 Å². The molecule has 0 aromatic carbocycles. The molecule has 0 aromatic rings. The van der Waals surface area contributed by atoms with E-state index in [1.165, 1.54) is 64.2 Å². The monoisotopic (exact) mass is 286 g/mol. The van der Waals surface area contributed by atoms with E-state index in [-0.39, 0.29) is 0 Å². The SMILES string of the molecule is C[Si](C)(C)C1=CC23CCCCCC12C1=C3CCCCC1. The van der Waals surface area contributed by atoms with E-state index in [0.29, 0.717) is 10.8 Å². The summed E-state index contributed by atoms with van der Waals surface area (Å²) in [7, 11) is -1.14. The van der Waals surface area contributed by atoms with Crippen LogP contribution in [0.4, 0.5) is 0 Å². The standard InChI is InChI=1S/C19H30Si/c1-20(2,3)17-14-18-12-8-5-9-13-19(17,18)16-11-7-4-6-10-15(16)18/h14H,4-13H2,1-3H3. The van der Waals surface area contributed by atoms with Crippen LogP contribution in [0, 0.1) is 10.8 Å². The van der Waals surface area contributed by atoms with Gasteiger partial charge in [0.15, 0.2) is 0 Å². The maximum atomic E-state index is 2.81. The molecule has 0 amide bonds. The molecule has 0 aliphatic heterocycles. The normalized spacial score (nSPS) is 40.2. The van der Waals surface area contributed by atoms with Crippen molar-refractivity contribution in [3.05, 3.63) is 22.4 Å². The highest BCUT2D eigenvalue weighted by molar-refractivity contribution is 6.83. The zero-order valence-corrected chi connectivity index (χ0v) is 14.6. The minimum absolute atomic E-state index is 0.582. The molecule has 4 rings (SSSR count). The van der Waals surface area contributed by atoms with Gasteiger partial charge in [-0.2, -0.15) is 0 Å². The van der Waals surface area contributed by atoms with E-state index in [2.05, 4.69) is 25.7 Å². The van der Waals surface area contributed by atoms with Crippen molar-refractivity contribution in [1.82, 2.24) is 0 Å². The van der Waals surface area contributed by atoms with Crippen molar-refractivity contribution in [2.75, 3.05) is 0 Å². The lowest BCUT2D eigenvalue weighted by molar-refractivity contribution is 0.0957. The van der Waals surface area contributed by atoms with Crippen molar-refractivity contribution in [2.45, 2.75) is 83.8 Å². The van der Waals surface area contributed by atoms with Crippen molar-refractivity contribution < 1.29 is 0 Å². The largest absolute Gasteiger partial charge is 0.0768 e. The van der Waals surface area contributed by atoms with Crippen LogP contribution in [0.2, 0.25) is 19.6 Å². The molecule has 1 saturated carbocycles. The highest BCUT2D eigenvalue weighted by Crippen LogP contribution is 2.79. The highest BCUT2D eigenvalue weighted by atomic mass is 28.3. The predicted molar refractivity (Wildman–Crippen MR) is 89.5 cm³/mol. The number of allylic oxidation sites excluding steroid dienone is 4. The molecular weight excluding hydrogens is 256 g/mol. The minimum atomic E-state index is -1.14. The maximum absolute atomic E-state index is 2.81. The van der Waals surface area contributed by atoms with Crippen molar-refractivity contribution in [3.63, 3.8) is 0 Å². The second-order valence-corrected chi connectivity index (χ2v) is 13.8. The fourth-order valence-corrected chi connectivity index (χ4v) is 8.65. The molecule has 0 spiro atoms. The lowest BCUT2D eigenvalue weighted by atomic mass is 9.37. The Bertz CT molecular complexity index is 504. The van der Waals surface area contributed by atoms with Crippen LogP contribution in [-0.4, -0.2) is 8.07 Å². The van der Waals surface area contributed by atoms with Crippen LogP contribution in [0.15, 0.2) is 22.4 Å². The van der Waals surface area contributed by atoms with E-state index >= 15 is 0 Å². The first-order valence-corrected chi connectivity index (χ1v) is 12.5. The molecule has 0 nitrogen and oxygen atoms in total. The highest BCUT2D eigenvalue weighted by Gasteiger charge is 2.70.